The van der Waals surface area contributed by atoms with Gasteiger partial charge in [-0.3, -0.25) is 9.59 Å². The number of hydrogen-bond donors (Lipinski definition) is 0. The number of hydrogen-bond acceptors (Lipinski definition) is 3. The van der Waals surface area contributed by atoms with Crippen molar-refractivity contribution in [2.24, 2.45) is 0 Å². The molecular weight excluding hydrogens is 340 g/mol. The van der Waals surface area contributed by atoms with Crippen LogP contribution in [0.2, 0.25) is 0 Å². The molecule has 5 heteroatoms. The highest BCUT2D eigenvalue weighted by molar-refractivity contribution is 5.79. The summed E-state index contributed by atoms with van der Waals surface area (Å²) >= 11 is 0. The predicted molar refractivity (Wildman–Crippen MR) is 105 cm³/mol. The van der Waals surface area contributed by atoms with Crippen LogP contribution in [-0.2, 0) is 20.7 Å². The Labute approximate surface area is 162 Å². The molecule has 2 fully saturated rings. The maximum Gasteiger partial charge on any atom is 0.224 e. The molecule has 3 rings (SSSR count). The van der Waals surface area contributed by atoms with Crippen LogP contribution in [-0.4, -0.2) is 60.5 Å². The minimum atomic E-state index is 0.131. The van der Waals surface area contributed by atoms with Crippen molar-refractivity contribution in [1.29, 1.82) is 0 Å². The van der Waals surface area contributed by atoms with Crippen molar-refractivity contribution in [1.82, 2.24) is 9.80 Å². The van der Waals surface area contributed by atoms with Gasteiger partial charge in [-0.1, -0.05) is 36.8 Å². The van der Waals surface area contributed by atoms with Gasteiger partial charge >= 0.3 is 0 Å². The Morgan fingerprint density at radius 2 is 1.96 bits per heavy atom. The van der Waals surface area contributed by atoms with Gasteiger partial charge in [0.25, 0.3) is 0 Å². The highest BCUT2D eigenvalue weighted by Gasteiger charge is 2.25. The molecule has 1 atom stereocenters. The van der Waals surface area contributed by atoms with Crippen molar-refractivity contribution in [3.63, 3.8) is 0 Å². The van der Waals surface area contributed by atoms with Crippen LogP contribution >= 0.6 is 0 Å². The highest BCUT2D eigenvalue weighted by atomic mass is 16.5. The molecule has 27 heavy (non-hydrogen) atoms. The van der Waals surface area contributed by atoms with Crippen molar-refractivity contribution in [2.45, 2.75) is 57.5 Å². The number of ether oxygens (including phenoxy) is 1. The van der Waals surface area contributed by atoms with E-state index in [4.69, 9.17) is 4.74 Å². The Morgan fingerprint density at radius 1 is 1.11 bits per heavy atom. The van der Waals surface area contributed by atoms with Gasteiger partial charge in [0.1, 0.15) is 0 Å². The van der Waals surface area contributed by atoms with E-state index in [9.17, 15) is 9.59 Å². The lowest BCUT2D eigenvalue weighted by Crippen LogP contribution is -2.46. The van der Waals surface area contributed by atoms with E-state index in [0.717, 1.165) is 45.1 Å². The van der Waals surface area contributed by atoms with E-state index in [-0.39, 0.29) is 17.9 Å². The summed E-state index contributed by atoms with van der Waals surface area (Å²) < 4.78 is 5.87. The van der Waals surface area contributed by atoms with Gasteiger partial charge in [0, 0.05) is 39.0 Å². The quantitative estimate of drug-likeness (QED) is 0.739. The Balaban J connectivity index is 1.39. The van der Waals surface area contributed by atoms with E-state index in [1.807, 2.05) is 15.9 Å². The summed E-state index contributed by atoms with van der Waals surface area (Å²) in [6, 6.07) is 10.5. The van der Waals surface area contributed by atoms with E-state index < -0.39 is 0 Å². The zero-order chi connectivity index (χ0) is 18.9. The molecule has 148 valence electrons. The topological polar surface area (TPSA) is 49.9 Å². The van der Waals surface area contributed by atoms with Crippen LogP contribution in [0.5, 0.6) is 0 Å². The van der Waals surface area contributed by atoms with Crippen molar-refractivity contribution < 1.29 is 14.3 Å². The lowest BCUT2D eigenvalue weighted by molar-refractivity contribution is -0.140. The largest absolute Gasteiger partial charge is 0.375 e. The van der Waals surface area contributed by atoms with E-state index in [2.05, 4.69) is 24.3 Å². The summed E-state index contributed by atoms with van der Waals surface area (Å²) in [4.78, 5) is 28.5. The second-order valence-electron chi connectivity index (χ2n) is 7.65. The Bertz CT molecular complexity index is 605. The predicted octanol–water partition coefficient (Wildman–Crippen LogP) is 3.03. The number of aryl methyl sites for hydroxylation is 1. The third kappa shape index (κ3) is 6.35. The summed E-state index contributed by atoms with van der Waals surface area (Å²) in [5.41, 5.74) is 1.35. The summed E-state index contributed by atoms with van der Waals surface area (Å²) in [6.07, 6.45) is 7.44. The molecule has 2 aliphatic heterocycles. The molecule has 0 spiro atoms. The third-order valence-corrected chi connectivity index (χ3v) is 5.59. The molecule has 0 saturated carbocycles. The lowest BCUT2D eigenvalue weighted by atomic mass is 10.0. The van der Waals surface area contributed by atoms with Gasteiger partial charge in [0.2, 0.25) is 11.8 Å². The fraction of sp³-hybridized carbons (Fsp3) is 0.636. The first-order valence-corrected chi connectivity index (χ1v) is 10.4. The Hall–Kier alpha value is -1.88. The van der Waals surface area contributed by atoms with Crippen molar-refractivity contribution >= 4 is 11.8 Å². The minimum absolute atomic E-state index is 0.131. The van der Waals surface area contributed by atoms with Crippen LogP contribution in [0.4, 0.5) is 0 Å². The monoisotopic (exact) mass is 372 g/mol. The van der Waals surface area contributed by atoms with E-state index >= 15 is 0 Å². The Morgan fingerprint density at radius 3 is 2.81 bits per heavy atom. The summed E-state index contributed by atoms with van der Waals surface area (Å²) in [5, 5.41) is 0. The number of nitrogens with zero attached hydrogens (tertiary/aromatic N) is 2. The third-order valence-electron chi connectivity index (χ3n) is 5.59. The molecule has 2 aliphatic rings. The van der Waals surface area contributed by atoms with Gasteiger partial charge in [-0.2, -0.15) is 0 Å². The van der Waals surface area contributed by atoms with Crippen LogP contribution in [0, 0.1) is 0 Å². The van der Waals surface area contributed by atoms with Crippen molar-refractivity contribution in [2.75, 3.05) is 32.8 Å². The fourth-order valence-corrected chi connectivity index (χ4v) is 3.96. The zero-order valence-electron chi connectivity index (χ0n) is 16.3. The molecule has 0 aliphatic carbocycles. The van der Waals surface area contributed by atoms with Gasteiger partial charge in [0.15, 0.2) is 0 Å². The van der Waals surface area contributed by atoms with Crippen LogP contribution in [0.15, 0.2) is 30.3 Å². The SMILES string of the molecule is O=C1CCCCCN1CCC(=O)N1CCOC(CCCc2ccccc2)C1. The lowest BCUT2D eigenvalue weighted by Gasteiger charge is -2.33. The first-order valence-electron chi connectivity index (χ1n) is 10.4. The molecule has 1 aromatic carbocycles. The number of carbonyl (C=O) groups is 2. The molecule has 0 bridgehead atoms. The van der Waals surface area contributed by atoms with Gasteiger partial charge in [-0.05, 0) is 37.7 Å². The molecule has 0 radical (unpaired) electrons. The van der Waals surface area contributed by atoms with Gasteiger partial charge in [-0.15, -0.1) is 0 Å². The molecule has 1 aromatic rings. The first kappa shape index (κ1) is 19.9. The van der Waals surface area contributed by atoms with E-state index in [1.54, 1.807) is 0 Å². The molecule has 0 aromatic heterocycles. The maximum absolute atomic E-state index is 12.6. The molecule has 2 amide bonds. The molecule has 2 saturated heterocycles. The standard InChI is InChI=1S/C22H32N2O3/c25-21-12-5-2-6-14-23(21)15-13-22(26)24-16-17-27-20(18-24)11-7-10-19-8-3-1-4-9-19/h1,3-4,8-9,20H,2,5-7,10-18H2. The second-order valence-corrected chi connectivity index (χ2v) is 7.65. The molecule has 1 unspecified atom stereocenters. The van der Waals surface area contributed by atoms with E-state index in [1.165, 1.54) is 5.56 Å². The summed E-state index contributed by atoms with van der Waals surface area (Å²) in [6.45, 7) is 3.33. The van der Waals surface area contributed by atoms with Gasteiger partial charge in [0.05, 0.1) is 12.7 Å². The smallest absolute Gasteiger partial charge is 0.224 e. The summed E-state index contributed by atoms with van der Waals surface area (Å²) in [7, 11) is 0. The minimum Gasteiger partial charge on any atom is -0.375 e. The van der Waals surface area contributed by atoms with Crippen molar-refractivity contribution in [3.05, 3.63) is 35.9 Å². The van der Waals surface area contributed by atoms with Gasteiger partial charge < -0.3 is 14.5 Å². The van der Waals surface area contributed by atoms with Crippen LogP contribution < -0.4 is 0 Å². The van der Waals surface area contributed by atoms with E-state index in [0.29, 0.717) is 39.1 Å². The molecular formula is C22H32N2O3. The number of rotatable bonds is 7. The fourth-order valence-electron chi connectivity index (χ4n) is 3.96. The van der Waals surface area contributed by atoms with Gasteiger partial charge in [-0.25, -0.2) is 0 Å². The number of benzene rings is 1. The normalized spacial score (nSPS) is 21.2. The number of carbonyl (C=O) groups excluding carboxylic acids is 2. The number of likely N-dealkylation sites (tertiary alicyclic amines) is 1. The molecule has 0 N–H and O–H groups in total. The first-order chi connectivity index (χ1) is 13.2. The number of amides is 2. The molecule has 2 heterocycles. The average Bonchev–Trinajstić information content (AvgIpc) is 2.91. The highest BCUT2D eigenvalue weighted by Crippen LogP contribution is 2.15. The maximum atomic E-state index is 12.6. The second kappa shape index (κ2) is 10.5. The average molecular weight is 373 g/mol. The zero-order valence-corrected chi connectivity index (χ0v) is 16.3. The van der Waals surface area contributed by atoms with Crippen molar-refractivity contribution in [3.8, 4) is 0 Å². The van der Waals surface area contributed by atoms with Crippen LogP contribution in [0.3, 0.4) is 0 Å². The van der Waals surface area contributed by atoms with Crippen LogP contribution in [0.25, 0.3) is 0 Å². The number of morpholine rings is 1. The molecule has 5 nitrogen and oxygen atoms in total. The van der Waals surface area contributed by atoms with Crippen LogP contribution in [0.1, 0.15) is 50.5 Å². The Kier molecular flexibility index (Phi) is 7.69. The summed E-state index contributed by atoms with van der Waals surface area (Å²) in [5.74, 6) is 0.365.